The highest BCUT2D eigenvalue weighted by Gasteiger charge is 2.73. The molecule has 0 aromatic rings. The molecule has 0 aromatic heterocycles. The minimum Gasteiger partial charge on any atom is -0.390 e. The zero-order valence-electron chi connectivity index (χ0n) is 11.9. The van der Waals surface area contributed by atoms with Crippen LogP contribution in [-0.2, 0) is 4.74 Å². The monoisotopic (exact) mass is 268 g/mol. The van der Waals surface area contributed by atoms with Gasteiger partial charge in [-0.2, -0.15) is 0 Å². The number of aliphatic hydroxyl groups is 3. The van der Waals surface area contributed by atoms with Gasteiger partial charge < -0.3 is 20.1 Å². The lowest BCUT2D eigenvalue weighted by molar-refractivity contribution is -0.108. The van der Waals surface area contributed by atoms with Gasteiger partial charge in [-0.25, -0.2) is 0 Å². The minimum atomic E-state index is -0.604. The molecule has 108 valence electrons. The topological polar surface area (TPSA) is 73.2 Å². The molecule has 0 aromatic carbocycles. The molecule has 1 aliphatic heterocycles. The van der Waals surface area contributed by atoms with Gasteiger partial charge in [-0.15, -0.1) is 0 Å². The first-order valence-corrected chi connectivity index (χ1v) is 7.13. The van der Waals surface area contributed by atoms with Gasteiger partial charge in [-0.3, -0.25) is 0 Å². The van der Waals surface area contributed by atoms with Crippen molar-refractivity contribution in [2.24, 2.45) is 10.8 Å². The lowest BCUT2D eigenvalue weighted by Crippen LogP contribution is -2.56. The summed E-state index contributed by atoms with van der Waals surface area (Å²) in [6, 6.07) is 0. The Morgan fingerprint density at radius 3 is 2.47 bits per heavy atom. The molecule has 19 heavy (non-hydrogen) atoms. The van der Waals surface area contributed by atoms with Crippen LogP contribution in [0.4, 0.5) is 0 Å². The third-order valence-corrected chi connectivity index (χ3v) is 6.32. The maximum atomic E-state index is 10.6. The molecule has 1 heterocycles. The quantitative estimate of drug-likeness (QED) is 0.490. The van der Waals surface area contributed by atoms with Gasteiger partial charge in [0.05, 0.1) is 24.9 Å². The summed E-state index contributed by atoms with van der Waals surface area (Å²) in [4.78, 5) is 0. The van der Waals surface area contributed by atoms with Crippen molar-refractivity contribution in [1.29, 1.82) is 0 Å². The van der Waals surface area contributed by atoms with Gasteiger partial charge in [0.15, 0.2) is 0 Å². The van der Waals surface area contributed by atoms with Crippen LogP contribution in [0.3, 0.4) is 0 Å². The van der Waals surface area contributed by atoms with Gasteiger partial charge in [0.1, 0.15) is 5.60 Å². The Balaban J connectivity index is 2.02. The summed E-state index contributed by atoms with van der Waals surface area (Å²) in [5.74, 6) is 0. The van der Waals surface area contributed by atoms with E-state index in [0.29, 0.717) is 19.4 Å². The molecular weight excluding hydrogens is 244 g/mol. The van der Waals surface area contributed by atoms with Crippen LogP contribution in [0.5, 0.6) is 0 Å². The molecule has 3 rings (SSSR count). The van der Waals surface area contributed by atoms with Crippen molar-refractivity contribution >= 4 is 0 Å². The highest BCUT2D eigenvalue weighted by molar-refractivity contribution is 5.27. The number of ether oxygens (including phenoxy) is 1. The van der Waals surface area contributed by atoms with Crippen molar-refractivity contribution in [3.05, 3.63) is 11.6 Å². The van der Waals surface area contributed by atoms with Crippen LogP contribution in [0.15, 0.2) is 11.6 Å². The summed E-state index contributed by atoms with van der Waals surface area (Å²) in [6.45, 7) is 6.53. The average Bonchev–Trinajstić information content (AvgIpc) is 3.10. The number of hydrogen-bond acceptors (Lipinski definition) is 4. The van der Waals surface area contributed by atoms with Gasteiger partial charge in [-0.05, 0) is 31.8 Å². The van der Waals surface area contributed by atoms with Crippen molar-refractivity contribution in [3.63, 3.8) is 0 Å². The molecule has 1 saturated carbocycles. The van der Waals surface area contributed by atoms with Crippen LogP contribution in [-0.4, -0.2) is 45.8 Å². The fourth-order valence-electron chi connectivity index (χ4n) is 4.37. The first kappa shape index (κ1) is 13.6. The summed E-state index contributed by atoms with van der Waals surface area (Å²) in [5, 5.41) is 31.0. The van der Waals surface area contributed by atoms with E-state index >= 15 is 0 Å². The zero-order chi connectivity index (χ0) is 14.1. The van der Waals surface area contributed by atoms with Gasteiger partial charge in [-0.1, -0.05) is 19.9 Å². The molecule has 0 bridgehead atoms. The third kappa shape index (κ3) is 1.49. The summed E-state index contributed by atoms with van der Waals surface area (Å²) in [6.07, 6.45) is 2.24. The first-order chi connectivity index (χ1) is 8.77. The van der Waals surface area contributed by atoms with Crippen molar-refractivity contribution in [3.8, 4) is 0 Å². The van der Waals surface area contributed by atoms with Crippen LogP contribution in [0.2, 0.25) is 0 Å². The normalized spacial score (nSPS) is 57.4. The average molecular weight is 268 g/mol. The molecule has 0 radical (unpaired) electrons. The molecule has 3 N–H and O–H groups in total. The summed E-state index contributed by atoms with van der Waals surface area (Å²) in [7, 11) is 0. The van der Waals surface area contributed by atoms with E-state index in [1.165, 1.54) is 0 Å². The lowest BCUT2D eigenvalue weighted by atomic mass is 9.53. The second-order valence-corrected chi connectivity index (χ2v) is 7.06. The van der Waals surface area contributed by atoms with E-state index in [1.807, 2.05) is 13.8 Å². The number of hydrogen-bond donors (Lipinski definition) is 3. The molecule has 2 aliphatic carbocycles. The minimum absolute atomic E-state index is 0.309. The van der Waals surface area contributed by atoms with Crippen LogP contribution in [0.25, 0.3) is 0 Å². The molecule has 2 fully saturated rings. The molecule has 4 nitrogen and oxygen atoms in total. The van der Waals surface area contributed by atoms with Gasteiger partial charge >= 0.3 is 0 Å². The van der Waals surface area contributed by atoms with E-state index in [0.717, 1.165) is 12.0 Å². The third-order valence-electron chi connectivity index (χ3n) is 6.32. The fraction of sp³-hybridized carbons (Fsp3) is 0.867. The molecule has 4 heteroatoms. The maximum Gasteiger partial charge on any atom is 0.123 e. The number of epoxide rings is 1. The zero-order valence-corrected chi connectivity index (χ0v) is 11.9. The van der Waals surface area contributed by atoms with Crippen LogP contribution >= 0.6 is 0 Å². The number of aliphatic hydroxyl groups excluding tert-OH is 3. The van der Waals surface area contributed by atoms with Crippen molar-refractivity contribution in [1.82, 2.24) is 0 Å². The first-order valence-electron chi connectivity index (χ1n) is 7.13. The van der Waals surface area contributed by atoms with Crippen molar-refractivity contribution in [2.45, 2.75) is 63.9 Å². The van der Waals surface area contributed by atoms with Crippen LogP contribution in [0.1, 0.15) is 40.0 Å². The highest BCUT2D eigenvalue weighted by atomic mass is 16.6. The number of rotatable bonds is 1. The predicted molar refractivity (Wildman–Crippen MR) is 70.5 cm³/mol. The summed E-state index contributed by atoms with van der Waals surface area (Å²) >= 11 is 0. The van der Waals surface area contributed by atoms with E-state index in [1.54, 1.807) is 6.08 Å². The Labute approximate surface area is 114 Å². The van der Waals surface area contributed by atoms with Crippen molar-refractivity contribution < 1.29 is 20.1 Å². The second kappa shape index (κ2) is 3.82. The largest absolute Gasteiger partial charge is 0.390 e. The summed E-state index contributed by atoms with van der Waals surface area (Å²) in [5.41, 5.74) is -0.462. The van der Waals surface area contributed by atoms with Crippen LogP contribution < -0.4 is 0 Å². The Hall–Kier alpha value is -0.420. The Bertz CT molecular complexity index is 428. The van der Waals surface area contributed by atoms with Crippen LogP contribution in [0, 0.1) is 10.8 Å². The SMILES string of the molecule is CC1=C[C@H](O)[C@@](C)([C@@]2(C)CC[C@@H](O)[C@]23CO3)C[C@@H]1O. The molecule has 1 spiro atoms. The molecule has 3 aliphatic rings. The van der Waals surface area contributed by atoms with E-state index in [-0.39, 0.29) is 5.41 Å². The van der Waals surface area contributed by atoms with Gasteiger partial charge in [0, 0.05) is 10.8 Å². The predicted octanol–water partition coefficient (Wildman–Crippen LogP) is 0.994. The molecule has 1 saturated heterocycles. The van der Waals surface area contributed by atoms with Gasteiger partial charge in [0.25, 0.3) is 0 Å². The Kier molecular flexibility index (Phi) is 2.72. The second-order valence-electron chi connectivity index (χ2n) is 7.06. The molecule has 0 amide bonds. The molecule has 0 unspecified atom stereocenters. The van der Waals surface area contributed by atoms with E-state index in [9.17, 15) is 15.3 Å². The fourth-order valence-corrected chi connectivity index (χ4v) is 4.37. The van der Waals surface area contributed by atoms with E-state index < -0.39 is 29.3 Å². The smallest absolute Gasteiger partial charge is 0.123 e. The van der Waals surface area contributed by atoms with E-state index in [4.69, 9.17) is 4.74 Å². The lowest BCUT2D eigenvalue weighted by Gasteiger charge is -2.52. The van der Waals surface area contributed by atoms with E-state index in [2.05, 4.69) is 6.92 Å². The van der Waals surface area contributed by atoms with Gasteiger partial charge in [0.2, 0.25) is 0 Å². The Morgan fingerprint density at radius 2 is 1.89 bits per heavy atom. The summed E-state index contributed by atoms with van der Waals surface area (Å²) < 4.78 is 5.65. The maximum absolute atomic E-state index is 10.6. The molecule has 6 atom stereocenters. The Morgan fingerprint density at radius 1 is 1.26 bits per heavy atom. The highest BCUT2D eigenvalue weighted by Crippen LogP contribution is 2.66. The molecular formula is C15H24O4. The standard InChI is InChI=1S/C15H24O4/c1-9-6-12(18)13(2,7-10(9)16)14(3)5-4-11(17)15(14)8-19-15/h6,10-12,16-18H,4-5,7-8H2,1-3H3/t10-,11+,12-,13-,14+,15+/m0/s1. The van der Waals surface area contributed by atoms with Crippen molar-refractivity contribution in [2.75, 3.05) is 6.61 Å².